The average Bonchev–Trinajstić information content (AvgIpc) is 2.46. The number of carboxylic acids is 1. The zero-order valence-corrected chi connectivity index (χ0v) is 11.6. The van der Waals surface area contributed by atoms with Crippen LogP contribution in [0, 0.1) is 5.82 Å². The molecule has 1 aromatic heterocycles. The Morgan fingerprint density at radius 1 is 1.55 bits per heavy atom. The number of nitrogens with zero attached hydrogens (tertiary/aromatic N) is 2. The van der Waals surface area contributed by atoms with E-state index >= 15 is 0 Å². The standard InChI is InChI=1S/C14H20FN3O2/c1-2-9-18(10-3-6-16-7-4-10)13-12(15)11(14(19)20)5-8-17-13/h5,8,10,16H,2-4,6-7,9H2,1H3,(H,19,20). The maximum absolute atomic E-state index is 14.4. The Hall–Kier alpha value is -1.69. The minimum Gasteiger partial charge on any atom is -0.478 e. The summed E-state index contributed by atoms with van der Waals surface area (Å²) in [7, 11) is 0. The van der Waals surface area contributed by atoms with Gasteiger partial charge in [0.25, 0.3) is 0 Å². The molecule has 2 heterocycles. The van der Waals surface area contributed by atoms with Crippen molar-refractivity contribution < 1.29 is 14.3 Å². The highest BCUT2D eigenvalue weighted by Crippen LogP contribution is 2.25. The zero-order valence-electron chi connectivity index (χ0n) is 11.6. The van der Waals surface area contributed by atoms with Crippen LogP contribution in [-0.2, 0) is 0 Å². The number of aromatic nitrogens is 1. The van der Waals surface area contributed by atoms with Gasteiger partial charge in [0.05, 0.1) is 0 Å². The van der Waals surface area contributed by atoms with Crippen molar-refractivity contribution in [2.45, 2.75) is 32.2 Å². The fourth-order valence-electron chi connectivity index (χ4n) is 2.62. The summed E-state index contributed by atoms with van der Waals surface area (Å²) in [5, 5.41) is 12.3. The van der Waals surface area contributed by atoms with Crippen molar-refractivity contribution in [2.75, 3.05) is 24.5 Å². The number of piperidine rings is 1. The van der Waals surface area contributed by atoms with Crippen LogP contribution in [0.3, 0.4) is 0 Å². The molecule has 0 amide bonds. The molecular weight excluding hydrogens is 261 g/mol. The van der Waals surface area contributed by atoms with Gasteiger partial charge in [0.15, 0.2) is 11.6 Å². The summed E-state index contributed by atoms with van der Waals surface area (Å²) in [6, 6.07) is 1.41. The summed E-state index contributed by atoms with van der Waals surface area (Å²) >= 11 is 0. The summed E-state index contributed by atoms with van der Waals surface area (Å²) in [5.41, 5.74) is -0.315. The quantitative estimate of drug-likeness (QED) is 0.863. The summed E-state index contributed by atoms with van der Waals surface area (Å²) < 4.78 is 14.4. The van der Waals surface area contributed by atoms with E-state index < -0.39 is 11.8 Å². The second-order valence-electron chi connectivity index (χ2n) is 4.98. The lowest BCUT2D eigenvalue weighted by Gasteiger charge is -2.35. The van der Waals surface area contributed by atoms with Crippen molar-refractivity contribution in [1.82, 2.24) is 10.3 Å². The van der Waals surface area contributed by atoms with Crippen molar-refractivity contribution in [3.8, 4) is 0 Å². The molecule has 0 saturated carbocycles. The topological polar surface area (TPSA) is 65.5 Å². The second kappa shape index (κ2) is 6.65. The van der Waals surface area contributed by atoms with Gasteiger partial charge in [-0.15, -0.1) is 0 Å². The van der Waals surface area contributed by atoms with Gasteiger partial charge >= 0.3 is 5.97 Å². The van der Waals surface area contributed by atoms with Crippen LogP contribution in [0.5, 0.6) is 0 Å². The van der Waals surface area contributed by atoms with Gasteiger partial charge < -0.3 is 15.3 Å². The molecule has 2 N–H and O–H groups in total. The third kappa shape index (κ3) is 3.07. The fraction of sp³-hybridized carbons (Fsp3) is 0.571. The summed E-state index contributed by atoms with van der Waals surface area (Å²) in [4.78, 5) is 17.0. The Balaban J connectivity index is 2.33. The minimum absolute atomic E-state index is 0.165. The molecule has 1 fully saturated rings. The van der Waals surface area contributed by atoms with Crippen LogP contribution in [0.2, 0.25) is 0 Å². The Morgan fingerprint density at radius 2 is 2.25 bits per heavy atom. The number of rotatable bonds is 5. The number of carboxylic acid groups (broad SMARTS) is 1. The van der Waals surface area contributed by atoms with Gasteiger partial charge in [-0.2, -0.15) is 0 Å². The molecule has 0 aliphatic carbocycles. The molecule has 0 unspecified atom stereocenters. The van der Waals surface area contributed by atoms with E-state index in [9.17, 15) is 9.18 Å². The van der Waals surface area contributed by atoms with Crippen LogP contribution in [0.25, 0.3) is 0 Å². The molecule has 0 aromatic carbocycles. The van der Waals surface area contributed by atoms with Crippen molar-refractivity contribution in [1.29, 1.82) is 0 Å². The van der Waals surface area contributed by atoms with E-state index in [0.717, 1.165) is 32.4 Å². The van der Waals surface area contributed by atoms with Gasteiger partial charge in [-0.05, 0) is 38.4 Å². The van der Waals surface area contributed by atoms with Gasteiger partial charge in [-0.1, -0.05) is 6.92 Å². The number of halogens is 1. The van der Waals surface area contributed by atoms with E-state index in [0.29, 0.717) is 6.54 Å². The normalized spacial score (nSPS) is 16.1. The van der Waals surface area contributed by atoms with E-state index in [4.69, 9.17) is 5.11 Å². The van der Waals surface area contributed by atoms with Crippen LogP contribution < -0.4 is 10.2 Å². The molecule has 0 radical (unpaired) electrons. The number of pyridine rings is 1. The lowest BCUT2D eigenvalue weighted by Crippen LogP contribution is -2.44. The zero-order chi connectivity index (χ0) is 14.5. The second-order valence-corrected chi connectivity index (χ2v) is 4.98. The average molecular weight is 281 g/mol. The van der Waals surface area contributed by atoms with Gasteiger partial charge in [-0.25, -0.2) is 14.2 Å². The molecule has 20 heavy (non-hydrogen) atoms. The maximum Gasteiger partial charge on any atom is 0.338 e. The Morgan fingerprint density at radius 3 is 2.85 bits per heavy atom. The van der Waals surface area contributed by atoms with Crippen LogP contribution in [-0.4, -0.2) is 41.7 Å². The predicted molar refractivity (Wildman–Crippen MR) is 74.7 cm³/mol. The third-order valence-corrected chi connectivity index (χ3v) is 3.59. The molecule has 1 aliphatic rings. The van der Waals surface area contributed by atoms with Crippen molar-refractivity contribution in [2.24, 2.45) is 0 Å². The van der Waals surface area contributed by atoms with Gasteiger partial charge in [0.2, 0.25) is 0 Å². The Bertz CT molecular complexity index is 475. The first-order valence-corrected chi connectivity index (χ1v) is 7.00. The number of aromatic carboxylic acids is 1. The molecule has 0 bridgehead atoms. The highest BCUT2D eigenvalue weighted by Gasteiger charge is 2.26. The molecule has 2 rings (SSSR count). The molecule has 6 heteroatoms. The number of hydrogen-bond donors (Lipinski definition) is 2. The number of carbonyl (C=O) groups is 1. The van der Waals surface area contributed by atoms with Gasteiger partial charge in [-0.3, -0.25) is 0 Å². The Kier molecular flexibility index (Phi) is 4.89. The van der Waals surface area contributed by atoms with Crippen molar-refractivity contribution >= 4 is 11.8 Å². The van der Waals surface area contributed by atoms with E-state index in [1.165, 1.54) is 12.3 Å². The van der Waals surface area contributed by atoms with E-state index in [1.807, 2.05) is 11.8 Å². The highest BCUT2D eigenvalue weighted by atomic mass is 19.1. The summed E-state index contributed by atoms with van der Waals surface area (Å²) in [5.74, 6) is -1.82. The van der Waals surface area contributed by atoms with Crippen LogP contribution in [0.1, 0.15) is 36.5 Å². The van der Waals surface area contributed by atoms with Crippen molar-refractivity contribution in [3.63, 3.8) is 0 Å². The SMILES string of the molecule is CCCN(c1nccc(C(=O)O)c1F)C1CCNCC1. The number of hydrogen-bond acceptors (Lipinski definition) is 4. The van der Waals surface area contributed by atoms with Crippen LogP contribution in [0.15, 0.2) is 12.3 Å². The molecule has 1 aliphatic heterocycles. The van der Waals surface area contributed by atoms with Gasteiger partial charge in [0, 0.05) is 18.8 Å². The van der Waals surface area contributed by atoms with Gasteiger partial charge in [0.1, 0.15) is 5.56 Å². The van der Waals surface area contributed by atoms with E-state index in [1.54, 1.807) is 0 Å². The molecule has 1 aromatic rings. The first kappa shape index (κ1) is 14.7. The largest absolute Gasteiger partial charge is 0.478 e. The highest BCUT2D eigenvalue weighted by molar-refractivity contribution is 5.88. The lowest BCUT2D eigenvalue weighted by atomic mass is 10.0. The van der Waals surface area contributed by atoms with E-state index in [-0.39, 0.29) is 17.4 Å². The first-order chi connectivity index (χ1) is 9.65. The molecule has 0 atom stereocenters. The first-order valence-electron chi connectivity index (χ1n) is 7.00. The lowest BCUT2D eigenvalue weighted by molar-refractivity contribution is 0.0691. The molecule has 0 spiro atoms. The summed E-state index contributed by atoms with van der Waals surface area (Å²) in [6.07, 6.45) is 4.06. The monoisotopic (exact) mass is 281 g/mol. The molecule has 110 valence electrons. The molecular formula is C14H20FN3O2. The van der Waals surface area contributed by atoms with E-state index in [2.05, 4.69) is 10.3 Å². The van der Waals surface area contributed by atoms with Crippen LogP contribution in [0.4, 0.5) is 10.2 Å². The minimum atomic E-state index is -1.26. The smallest absolute Gasteiger partial charge is 0.338 e. The fourth-order valence-corrected chi connectivity index (χ4v) is 2.62. The molecule has 5 nitrogen and oxygen atoms in total. The third-order valence-electron chi connectivity index (χ3n) is 3.59. The van der Waals surface area contributed by atoms with Crippen LogP contribution >= 0.6 is 0 Å². The maximum atomic E-state index is 14.4. The number of anilines is 1. The van der Waals surface area contributed by atoms with Crippen molar-refractivity contribution in [3.05, 3.63) is 23.6 Å². The Labute approximate surface area is 117 Å². The number of nitrogens with one attached hydrogen (secondary N) is 1. The summed E-state index contributed by atoms with van der Waals surface area (Å²) in [6.45, 7) is 4.49. The molecule has 1 saturated heterocycles. The predicted octanol–water partition coefficient (Wildman–Crippen LogP) is 1.89.